The number of nitrogen functional groups attached to an aromatic ring is 1. The Labute approximate surface area is 105 Å². The quantitative estimate of drug-likeness (QED) is 0.830. The van der Waals surface area contributed by atoms with Crippen molar-refractivity contribution in [2.24, 2.45) is 0 Å². The minimum atomic E-state index is -1.38. The fraction of sp³-hybridized carbons (Fsp3) is 0.0909. The summed E-state index contributed by atoms with van der Waals surface area (Å²) in [5.41, 5.74) is 4.78. The Morgan fingerprint density at radius 1 is 1.37 bits per heavy atom. The molecule has 0 unspecified atom stereocenters. The lowest BCUT2D eigenvalue weighted by atomic mass is 10.3. The van der Waals surface area contributed by atoms with Gasteiger partial charge in [-0.1, -0.05) is 0 Å². The van der Waals surface area contributed by atoms with E-state index in [9.17, 15) is 18.0 Å². The van der Waals surface area contributed by atoms with E-state index in [0.717, 1.165) is 0 Å². The predicted molar refractivity (Wildman–Crippen MR) is 61.6 cm³/mol. The van der Waals surface area contributed by atoms with E-state index in [-0.39, 0.29) is 12.4 Å². The zero-order valence-electron chi connectivity index (χ0n) is 9.53. The molecule has 0 bridgehead atoms. The van der Waals surface area contributed by atoms with Crippen molar-refractivity contribution in [3.05, 3.63) is 41.8 Å². The highest BCUT2D eigenvalue weighted by atomic mass is 19.2. The van der Waals surface area contributed by atoms with Crippen molar-refractivity contribution in [2.75, 3.05) is 11.1 Å². The monoisotopic (exact) mass is 270 g/mol. The minimum Gasteiger partial charge on any atom is -0.382 e. The van der Waals surface area contributed by atoms with E-state index in [1.807, 2.05) is 0 Å². The Morgan fingerprint density at radius 2 is 2.11 bits per heavy atom. The molecule has 1 aromatic heterocycles. The number of carbonyl (C=O) groups is 1. The lowest BCUT2D eigenvalue weighted by molar-refractivity contribution is -0.116. The number of hydrogen-bond donors (Lipinski definition) is 2. The Bertz CT molecular complexity index is 626. The molecule has 0 saturated heterocycles. The van der Waals surface area contributed by atoms with Crippen molar-refractivity contribution in [3.63, 3.8) is 0 Å². The highest BCUT2D eigenvalue weighted by Gasteiger charge is 2.13. The molecular formula is C11H9F3N4O. The van der Waals surface area contributed by atoms with Crippen molar-refractivity contribution in [2.45, 2.75) is 6.54 Å². The maximum absolute atomic E-state index is 13.3. The summed E-state index contributed by atoms with van der Waals surface area (Å²) in [6.07, 6.45) is 1.44. The second kappa shape index (κ2) is 5.01. The average molecular weight is 270 g/mol. The number of hydrogen-bond acceptors (Lipinski definition) is 3. The summed E-state index contributed by atoms with van der Waals surface area (Å²) in [5.74, 6) is -4.16. The van der Waals surface area contributed by atoms with Crippen molar-refractivity contribution < 1.29 is 18.0 Å². The van der Waals surface area contributed by atoms with Crippen LogP contribution < -0.4 is 11.1 Å². The summed E-state index contributed by atoms with van der Waals surface area (Å²) in [6.45, 7) is -0.255. The maximum atomic E-state index is 13.3. The number of rotatable bonds is 3. The van der Waals surface area contributed by atoms with Gasteiger partial charge in [0.05, 0.1) is 5.69 Å². The number of carbonyl (C=O) groups excluding carboxylic acids is 1. The standard InChI is InChI=1S/C11H9F3N4O/c12-6-3-7(13)11(14)8(4-6)16-10(19)5-18-2-1-9(15)17-18/h1-4H,5H2,(H2,15,17)(H,16,19). The van der Waals surface area contributed by atoms with Crippen LogP contribution in [0.25, 0.3) is 0 Å². The van der Waals surface area contributed by atoms with Gasteiger partial charge in [0.15, 0.2) is 11.6 Å². The van der Waals surface area contributed by atoms with Crippen molar-refractivity contribution in [1.29, 1.82) is 0 Å². The molecule has 2 aromatic rings. The van der Waals surface area contributed by atoms with Gasteiger partial charge in [0.25, 0.3) is 0 Å². The molecule has 1 heterocycles. The van der Waals surface area contributed by atoms with Crippen LogP contribution in [0, 0.1) is 17.5 Å². The van der Waals surface area contributed by atoms with Gasteiger partial charge in [0.2, 0.25) is 5.91 Å². The van der Waals surface area contributed by atoms with Gasteiger partial charge in [-0.15, -0.1) is 0 Å². The van der Waals surface area contributed by atoms with Crippen LogP contribution in [0.3, 0.4) is 0 Å². The average Bonchev–Trinajstić information content (AvgIpc) is 2.70. The number of benzene rings is 1. The van der Waals surface area contributed by atoms with Gasteiger partial charge in [-0.05, 0) is 6.07 Å². The number of aromatic nitrogens is 2. The molecule has 5 nitrogen and oxygen atoms in total. The summed E-state index contributed by atoms with van der Waals surface area (Å²) in [7, 11) is 0. The molecule has 0 aliphatic rings. The second-order valence-corrected chi connectivity index (χ2v) is 3.74. The Hall–Kier alpha value is -2.51. The van der Waals surface area contributed by atoms with Crippen LogP contribution in [0.2, 0.25) is 0 Å². The molecule has 1 amide bonds. The topological polar surface area (TPSA) is 72.9 Å². The van der Waals surface area contributed by atoms with Gasteiger partial charge in [0, 0.05) is 18.3 Å². The van der Waals surface area contributed by atoms with Crippen LogP contribution in [-0.4, -0.2) is 15.7 Å². The minimum absolute atomic E-state index is 0.218. The van der Waals surface area contributed by atoms with Crippen LogP contribution >= 0.6 is 0 Å². The van der Waals surface area contributed by atoms with Gasteiger partial charge >= 0.3 is 0 Å². The lowest BCUT2D eigenvalue weighted by Crippen LogP contribution is -2.20. The lowest BCUT2D eigenvalue weighted by Gasteiger charge is -2.07. The molecule has 0 radical (unpaired) electrons. The molecule has 100 valence electrons. The van der Waals surface area contributed by atoms with Crippen LogP contribution in [-0.2, 0) is 11.3 Å². The Morgan fingerprint density at radius 3 is 2.74 bits per heavy atom. The first-order valence-corrected chi connectivity index (χ1v) is 5.19. The molecule has 1 aromatic carbocycles. The first-order valence-electron chi connectivity index (χ1n) is 5.19. The van der Waals surface area contributed by atoms with Crippen molar-refractivity contribution in [1.82, 2.24) is 9.78 Å². The van der Waals surface area contributed by atoms with Gasteiger partial charge in [-0.3, -0.25) is 9.48 Å². The third kappa shape index (κ3) is 3.03. The summed E-state index contributed by atoms with van der Waals surface area (Å²) in [4.78, 5) is 11.5. The zero-order valence-corrected chi connectivity index (χ0v) is 9.53. The van der Waals surface area contributed by atoms with Crippen LogP contribution in [0.4, 0.5) is 24.7 Å². The third-order valence-electron chi connectivity index (χ3n) is 2.23. The normalized spacial score (nSPS) is 10.5. The number of nitrogens with two attached hydrogens (primary N) is 1. The molecule has 8 heteroatoms. The first kappa shape index (κ1) is 12.9. The van der Waals surface area contributed by atoms with Crippen LogP contribution in [0.1, 0.15) is 0 Å². The molecule has 0 aliphatic carbocycles. The predicted octanol–water partition coefficient (Wildman–Crippen LogP) is 1.52. The van der Waals surface area contributed by atoms with E-state index in [1.54, 1.807) is 0 Å². The number of anilines is 2. The molecule has 2 rings (SSSR count). The number of nitrogens with one attached hydrogen (secondary N) is 1. The van der Waals surface area contributed by atoms with Gasteiger partial charge in [-0.2, -0.15) is 5.10 Å². The second-order valence-electron chi connectivity index (χ2n) is 3.74. The zero-order chi connectivity index (χ0) is 14.0. The molecular weight excluding hydrogens is 261 g/mol. The largest absolute Gasteiger partial charge is 0.382 e. The molecule has 0 spiro atoms. The first-order chi connectivity index (χ1) is 8.95. The number of halogens is 3. The maximum Gasteiger partial charge on any atom is 0.246 e. The Kier molecular flexibility index (Phi) is 3.41. The van der Waals surface area contributed by atoms with E-state index >= 15 is 0 Å². The van der Waals surface area contributed by atoms with E-state index in [1.165, 1.54) is 16.9 Å². The van der Waals surface area contributed by atoms with Crippen LogP contribution in [0.15, 0.2) is 24.4 Å². The molecule has 0 saturated carbocycles. The van der Waals surface area contributed by atoms with E-state index in [2.05, 4.69) is 10.4 Å². The van der Waals surface area contributed by atoms with Gasteiger partial charge < -0.3 is 11.1 Å². The van der Waals surface area contributed by atoms with Crippen LogP contribution in [0.5, 0.6) is 0 Å². The molecule has 19 heavy (non-hydrogen) atoms. The highest BCUT2D eigenvalue weighted by Crippen LogP contribution is 2.19. The Balaban J connectivity index is 2.11. The van der Waals surface area contributed by atoms with E-state index in [4.69, 9.17) is 5.73 Å². The summed E-state index contributed by atoms with van der Waals surface area (Å²) < 4.78 is 40.3. The summed E-state index contributed by atoms with van der Waals surface area (Å²) in [5, 5.41) is 5.80. The number of amides is 1. The molecule has 0 fully saturated rings. The molecule has 0 atom stereocenters. The summed E-state index contributed by atoms with van der Waals surface area (Å²) >= 11 is 0. The fourth-order valence-electron chi connectivity index (χ4n) is 1.45. The van der Waals surface area contributed by atoms with E-state index < -0.39 is 29.0 Å². The van der Waals surface area contributed by atoms with Gasteiger partial charge in [0.1, 0.15) is 18.2 Å². The fourth-order valence-corrected chi connectivity index (χ4v) is 1.45. The molecule has 3 N–H and O–H groups in total. The van der Waals surface area contributed by atoms with Gasteiger partial charge in [-0.25, -0.2) is 13.2 Å². The van der Waals surface area contributed by atoms with E-state index in [0.29, 0.717) is 12.1 Å². The number of nitrogens with zero attached hydrogens (tertiary/aromatic N) is 2. The third-order valence-corrected chi connectivity index (χ3v) is 2.23. The van der Waals surface area contributed by atoms with Crippen molar-refractivity contribution in [3.8, 4) is 0 Å². The SMILES string of the molecule is Nc1ccn(CC(=O)Nc2cc(F)cc(F)c2F)n1. The smallest absolute Gasteiger partial charge is 0.246 e. The summed E-state index contributed by atoms with van der Waals surface area (Å²) in [6, 6.07) is 2.54. The molecule has 0 aliphatic heterocycles. The van der Waals surface area contributed by atoms with Crippen molar-refractivity contribution >= 4 is 17.4 Å². The highest BCUT2D eigenvalue weighted by molar-refractivity contribution is 5.90.